The monoisotopic (exact) mass is 425 g/mol. The molecule has 6 nitrogen and oxygen atoms in total. The van der Waals surface area contributed by atoms with Crippen LogP contribution in [0.3, 0.4) is 0 Å². The van der Waals surface area contributed by atoms with Crippen LogP contribution >= 0.6 is 31.9 Å². The van der Waals surface area contributed by atoms with Gasteiger partial charge in [-0.3, -0.25) is 14.9 Å². The second-order valence-corrected chi connectivity index (χ2v) is 6.45. The number of hydrogen-bond donors (Lipinski definition) is 1. The minimum atomic E-state index is -1.25. The van der Waals surface area contributed by atoms with Crippen molar-refractivity contribution in [3.8, 4) is 11.1 Å². The highest BCUT2D eigenvalue weighted by Gasteiger charge is 2.37. The van der Waals surface area contributed by atoms with Crippen molar-refractivity contribution in [1.29, 1.82) is 0 Å². The summed E-state index contributed by atoms with van der Waals surface area (Å²) >= 11 is 6.30. The Kier molecular flexibility index (Phi) is 3.37. The minimum Gasteiger partial charge on any atom is -0.478 e. The van der Waals surface area contributed by atoms with Gasteiger partial charge in [0.15, 0.2) is 5.78 Å². The van der Waals surface area contributed by atoms with Gasteiger partial charge in [0.05, 0.1) is 16.1 Å². The molecule has 1 aliphatic rings. The molecule has 8 heteroatoms. The highest BCUT2D eigenvalue weighted by atomic mass is 79.9. The van der Waals surface area contributed by atoms with Crippen LogP contribution in [0.2, 0.25) is 0 Å². The number of carboxylic acid groups (broad SMARTS) is 1. The van der Waals surface area contributed by atoms with E-state index in [1.165, 1.54) is 24.3 Å². The Balaban J connectivity index is 2.50. The van der Waals surface area contributed by atoms with Crippen molar-refractivity contribution < 1.29 is 19.6 Å². The molecule has 0 aromatic heterocycles. The van der Waals surface area contributed by atoms with Gasteiger partial charge in [-0.1, -0.05) is 31.9 Å². The van der Waals surface area contributed by atoms with Crippen LogP contribution < -0.4 is 0 Å². The molecule has 1 aliphatic carbocycles. The minimum absolute atomic E-state index is 0.0538. The lowest BCUT2D eigenvalue weighted by Crippen LogP contribution is -2.02. The molecule has 2 aromatic rings. The van der Waals surface area contributed by atoms with E-state index in [2.05, 4.69) is 31.9 Å². The SMILES string of the molecule is O=C(O)c1cc(Br)cc2c1-c1c(cc(Br)cc1[N+](=O)[O-])C2=O. The van der Waals surface area contributed by atoms with Crippen LogP contribution in [0.25, 0.3) is 11.1 Å². The number of nitro groups is 1. The Morgan fingerprint density at radius 2 is 1.59 bits per heavy atom. The van der Waals surface area contributed by atoms with Gasteiger partial charge in [0.2, 0.25) is 0 Å². The summed E-state index contributed by atoms with van der Waals surface area (Å²) in [6.45, 7) is 0. The number of aromatic carboxylic acids is 1. The van der Waals surface area contributed by atoms with Crippen molar-refractivity contribution >= 4 is 49.3 Å². The van der Waals surface area contributed by atoms with Gasteiger partial charge < -0.3 is 5.11 Å². The zero-order chi connectivity index (χ0) is 16.2. The summed E-state index contributed by atoms with van der Waals surface area (Å²) in [5, 5.41) is 20.7. The summed E-state index contributed by atoms with van der Waals surface area (Å²) in [6, 6.07) is 5.52. The molecular formula is C14H5Br2NO5. The Hall–Kier alpha value is -2.06. The van der Waals surface area contributed by atoms with Gasteiger partial charge in [0.25, 0.3) is 5.69 Å². The molecule has 0 unspecified atom stereocenters. The van der Waals surface area contributed by atoms with E-state index in [-0.39, 0.29) is 33.5 Å². The normalized spacial score (nSPS) is 12.0. The molecule has 3 rings (SSSR count). The molecule has 0 saturated heterocycles. The summed E-state index contributed by atoms with van der Waals surface area (Å²) in [5.74, 6) is -1.69. The van der Waals surface area contributed by atoms with Crippen molar-refractivity contribution in [2.45, 2.75) is 0 Å². The maximum Gasteiger partial charge on any atom is 0.336 e. The lowest BCUT2D eigenvalue weighted by Gasteiger charge is -2.07. The lowest BCUT2D eigenvalue weighted by molar-refractivity contribution is -0.384. The van der Waals surface area contributed by atoms with Crippen molar-refractivity contribution in [2.24, 2.45) is 0 Å². The second kappa shape index (κ2) is 4.99. The Morgan fingerprint density at radius 1 is 1.05 bits per heavy atom. The Bertz CT molecular complexity index is 820. The molecule has 0 atom stereocenters. The second-order valence-electron chi connectivity index (χ2n) is 4.61. The predicted octanol–water partition coefficient (Wildman–Crippen LogP) is 4.03. The van der Waals surface area contributed by atoms with E-state index in [1.807, 2.05) is 0 Å². The van der Waals surface area contributed by atoms with Crippen LogP contribution in [-0.4, -0.2) is 21.8 Å². The van der Waals surface area contributed by atoms with Gasteiger partial charge in [-0.25, -0.2) is 4.79 Å². The molecule has 0 bridgehead atoms. The lowest BCUT2D eigenvalue weighted by atomic mass is 9.98. The summed E-state index contributed by atoms with van der Waals surface area (Å²) in [7, 11) is 0. The van der Waals surface area contributed by atoms with Crippen molar-refractivity contribution in [3.63, 3.8) is 0 Å². The third-order valence-corrected chi connectivity index (χ3v) is 4.27. The fourth-order valence-corrected chi connectivity index (χ4v) is 3.45. The van der Waals surface area contributed by atoms with Gasteiger partial charge in [-0.2, -0.15) is 0 Å². The van der Waals surface area contributed by atoms with E-state index in [9.17, 15) is 24.8 Å². The molecule has 110 valence electrons. The van der Waals surface area contributed by atoms with Crippen LogP contribution in [0.4, 0.5) is 5.69 Å². The molecular weight excluding hydrogens is 422 g/mol. The van der Waals surface area contributed by atoms with Crippen LogP contribution in [-0.2, 0) is 0 Å². The molecule has 0 heterocycles. The number of fused-ring (bicyclic) bond motifs is 3. The highest BCUT2D eigenvalue weighted by molar-refractivity contribution is 9.10. The Morgan fingerprint density at radius 3 is 2.14 bits per heavy atom. The van der Waals surface area contributed by atoms with Crippen LogP contribution in [0.15, 0.2) is 33.2 Å². The van der Waals surface area contributed by atoms with Gasteiger partial charge in [0.1, 0.15) is 0 Å². The average Bonchev–Trinajstić information content (AvgIpc) is 2.70. The molecule has 0 aliphatic heterocycles. The number of nitrogens with zero attached hydrogens (tertiary/aromatic N) is 1. The number of rotatable bonds is 2. The largest absolute Gasteiger partial charge is 0.478 e. The number of carbonyl (C=O) groups excluding carboxylic acids is 1. The van der Waals surface area contributed by atoms with E-state index in [4.69, 9.17) is 0 Å². The zero-order valence-electron chi connectivity index (χ0n) is 10.6. The number of benzene rings is 2. The topological polar surface area (TPSA) is 97.5 Å². The fourth-order valence-electron chi connectivity index (χ4n) is 2.55. The number of nitro benzene ring substituents is 1. The van der Waals surface area contributed by atoms with E-state index in [0.717, 1.165) is 0 Å². The molecule has 2 aromatic carbocycles. The van der Waals surface area contributed by atoms with E-state index in [0.29, 0.717) is 8.95 Å². The maximum atomic E-state index is 12.5. The molecule has 0 radical (unpaired) electrons. The number of ketones is 1. The van der Waals surface area contributed by atoms with Gasteiger partial charge in [-0.05, 0) is 18.2 Å². The molecule has 0 spiro atoms. The summed E-state index contributed by atoms with van der Waals surface area (Å²) in [6.07, 6.45) is 0. The first-order valence-corrected chi connectivity index (χ1v) is 7.49. The summed E-state index contributed by atoms with van der Waals surface area (Å²) in [4.78, 5) is 34.6. The summed E-state index contributed by atoms with van der Waals surface area (Å²) < 4.78 is 0.807. The van der Waals surface area contributed by atoms with Crippen molar-refractivity contribution in [3.05, 3.63) is 60.0 Å². The maximum absolute atomic E-state index is 12.5. The van der Waals surface area contributed by atoms with Crippen LogP contribution in [0, 0.1) is 10.1 Å². The number of carboxylic acids is 1. The van der Waals surface area contributed by atoms with E-state index < -0.39 is 16.7 Å². The number of halogens is 2. The third-order valence-electron chi connectivity index (χ3n) is 3.35. The number of carbonyl (C=O) groups is 2. The van der Waals surface area contributed by atoms with Crippen LogP contribution in [0.1, 0.15) is 26.3 Å². The van der Waals surface area contributed by atoms with Crippen LogP contribution in [0.5, 0.6) is 0 Å². The van der Waals surface area contributed by atoms with Gasteiger partial charge in [-0.15, -0.1) is 0 Å². The predicted molar refractivity (Wildman–Crippen MR) is 84.3 cm³/mol. The van der Waals surface area contributed by atoms with Gasteiger partial charge in [0, 0.05) is 31.7 Å². The van der Waals surface area contributed by atoms with E-state index in [1.54, 1.807) is 0 Å². The third kappa shape index (κ3) is 2.06. The fraction of sp³-hybridized carbons (Fsp3) is 0. The highest BCUT2D eigenvalue weighted by Crippen LogP contribution is 2.46. The molecule has 0 saturated carbocycles. The first-order valence-electron chi connectivity index (χ1n) is 5.91. The van der Waals surface area contributed by atoms with Crippen molar-refractivity contribution in [2.75, 3.05) is 0 Å². The Labute approximate surface area is 140 Å². The standard InChI is InChI=1S/C14H5Br2NO5/c15-5-1-7-11(9(3-5)14(19)20)12-8(13(7)18)2-6(16)4-10(12)17(21)22/h1-4H,(H,19,20). The first-order chi connectivity index (χ1) is 10.3. The molecule has 22 heavy (non-hydrogen) atoms. The molecule has 1 N–H and O–H groups in total. The number of hydrogen-bond acceptors (Lipinski definition) is 4. The van der Waals surface area contributed by atoms with E-state index >= 15 is 0 Å². The smallest absolute Gasteiger partial charge is 0.336 e. The zero-order valence-corrected chi connectivity index (χ0v) is 13.8. The first kappa shape index (κ1) is 14.9. The molecule has 0 fully saturated rings. The summed E-state index contributed by atoms with van der Waals surface area (Å²) in [5.41, 5.74) is -0.0455. The quantitative estimate of drug-likeness (QED) is 0.492. The van der Waals surface area contributed by atoms with Crippen molar-refractivity contribution in [1.82, 2.24) is 0 Å². The average molecular weight is 427 g/mol. The molecule has 0 amide bonds. The van der Waals surface area contributed by atoms with Gasteiger partial charge >= 0.3 is 5.97 Å².